The third kappa shape index (κ3) is 3.94. The molecule has 1 aromatic rings. The minimum absolute atomic E-state index is 1.07. The van der Waals surface area contributed by atoms with Crippen molar-refractivity contribution in [2.45, 2.75) is 6.92 Å². The van der Waals surface area contributed by atoms with Gasteiger partial charge in [0.25, 0.3) is 0 Å². The highest BCUT2D eigenvalue weighted by atomic mass is 35.5. The van der Waals surface area contributed by atoms with Crippen LogP contribution in [0.25, 0.3) is 0 Å². The van der Waals surface area contributed by atoms with Gasteiger partial charge >= 0.3 is 0 Å². The predicted molar refractivity (Wildman–Crippen MR) is 37.0 cm³/mol. The Morgan fingerprint density at radius 2 is 2.11 bits per heavy atom. The monoisotopic (exact) mass is 145 g/mol. The molecule has 0 radical (unpaired) electrons. The third-order valence-corrected chi connectivity index (χ3v) is 0.813. The van der Waals surface area contributed by atoms with Crippen LogP contribution in [0.2, 0.25) is 0 Å². The van der Waals surface area contributed by atoms with Gasteiger partial charge in [0.1, 0.15) is 0 Å². The molecule has 1 aromatic heterocycles. The maximum Gasteiger partial charge on any atom is 0.0579 e. The normalized spacial score (nSPS) is 7.44. The van der Waals surface area contributed by atoms with Crippen molar-refractivity contribution in [3.05, 3.63) is 30.1 Å². The van der Waals surface area contributed by atoms with Gasteiger partial charge in [0, 0.05) is 11.9 Å². The fourth-order valence-electron chi connectivity index (χ4n) is 0.448. The van der Waals surface area contributed by atoms with Gasteiger partial charge in [-0.25, -0.2) is 0 Å². The third-order valence-electron chi connectivity index (χ3n) is 0.813. The molecule has 1 heterocycles. The van der Waals surface area contributed by atoms with Crippen LogP contribution in [0.4, 0.5) is 0 Å². The smallest absolute Gasteiger partial charge is 0.0579 e. The second-order valence-electron chi connectivity index (χ2n) is 1.47. The molecular weight excluding hydrogens is 138 g/mol. The summed E-state index contributed by atoms with van der Waals surface area (Å²) >= 11 is 3.64. The van der Waals surface area contributed by atoms with E-state index in [-0.39, 0.29) is 0 Å². The molecule has 0 bridgehead atoms. The van der Waals surface area contributed by atoms with Crippen molar-refractivity contribution in [3.8, 4) is 0 Å². The van der Waals surface area contributed by atoms with Crippen molar-refractivity contribution in [2.24, 2.45) is 0 Å². The summed E-state index contributed by atoms with van der Waals surface area (Å²) in [6, 6.07) is 5.86. The average Bonchev–Trinajstić information content (AvgIpc) is 1.94. The van der Waals surface area contributed by atoms with Crippen LogP contribution < -0.4 is 0 Å². The van der Waals surface area contributed by atoms with Crippen LogP contribution in [-0.4, -0.2) is 9.64 Å². The molecule has 9 heavy (non-hydrogen) atoms. The zero-order chi connectivity index (χ0) is 7.11. The molecule has 0 spiro atoms. The maximum absolute atomic E-state index is 6.47. The van der Waals surface area contributed by atoms with Gasteiger partial charge in [-0.15, -0.1) is 0 Å². The van der Waals surface area contributed by atoms with Crippen LogP contribution in [0.5, 0.6) is 0 Å². The van der Waals surface area contributed by atoms with Crippen molar-refractivity contribution < 1.29 is 4.66 Å². The van der Waals surface area contributed by atoms with Crippen LogP contribution in [0.15, 0.2) is 24.4 Å². The molecule has 50 valence electrons. The summed E-state index contributed by atoms with van der Waals surface area (Å²) in [5.41, 5.74) is 1.07. The van der Waals surface area contributed by atoms with Gasteiger partial charge in [-0.2, -0.15) is 0 Å². The fourth-order valence-corrected chi connectivity index (χ4v) is 0.448. The summed E-state index contributed by atoms with van der Waals surface area (Å²) in [6.45, 7) is 1.97. The highest BCUT2D eigenvalue weighted by molar-refractivity contribution is 6.04. The molecule has 2 nitrogen and oxygen atoms in total. The Bertz CT molecular complexity index is 143. The first-order valence-corrected chi connectivity index (χ1v) is 2.78. The molecule has 1 N–H and O–H groups in total. The van der Waals surface area contributed by atoms with Crippen LogP contribution >= 0.6 is 11.9 Å². The Labute approximate surface area is 59.3 Å². The molecular formula is C6H8ClNO. The first-order valence-electron chi connectivity index (χ1n) is 2.44. The standard InChI is InChI=1S/C6H7N.ClHO/c1-6-4-2-3-5-7-6;1-2/h2-5H,1H3;2H. The topological polar surface area (TPSA) is 33.1 Å². The fraction of sp³-hybridized carbons (Fsp3) is 0.167. The number of halogens is 1. The Hall–Kier alpha value is -0.600. The Morgan fingerprint density at radius 1 is 1.44 bits per heavy atom. The largest absolute Gasteiger partial charge is 0.295 e. The van der Waals surface area contributed by atoms with Gasteiger partial charge in [0.15, 0.2) is 0 Å². The molecule has 0 saturated heterocycles. The van der Waals surface area contributed by atoms with E-state index in [1.807, 2.05) is 25.1 Å². The van der Waals surface area contributed by atoms with E-state index in [2.05, 4.69) is 16.9 Å². The van der Waals surface area contributed by atoms with Gasteiger partial charge in [-0.1, -0.05) is 6.07 Å². The van der Waals surface area contributed by atoms with Crippen LogP contribution in [-0.2, 0) is 0 Å². The summed E-state index contributed by atoms with van der Waals surface area (Å²) in [5, 5.41) is 0. The highest BCUT2D eigenvalue weighted by Crippen LogP contribution is 1.85. The van der Waals surface area contributed by atoms with E-state index in [0.717, 1.165) is 5.69 Å². The molecule has 1 rings (SSSR count). The second-order valence-corrected chi connectivity index (χ2v) is 1.47. The SMILES string of the molecule is Cc1ccccn1.OCl. The molecule has 0 fully saturated rings. The molecule has 0 aliphatic carbocycles. The Balaban J connectivity index is 0.000000291. The molecule has 3 heteroatoms. The van der Waals surface area contributed by atoms with E-state index < -0.39 is 0 Å². The lowest BCUT2D eigenvalue weighted by molar-refractivity contribution is 0.632. The van der Waals surface area contributed by atoms with E-state index in [1.54, 1.807) is 6.20 Å². The summed E-state index contributed by atoms with van der Waals surface area (Å²) < 4.78 is 6.47. The molecule has 0 atom stereocenters. The van der Waals surface area contributed by atoms with Crippen LogP contribution in [0.3, 0.4) is 0 Å². The second kappa shape index (κ2) is 5.54. The summed E-state index contributed by atoms with van der Waals surface area (Å²) in [7, 11) is 0. The highest BCUT2D eigenvalue weighted by Gasteiger charge is 1.73. The van der Waals surface area contributed by atoms with Gasteiger partial charge in [-0.05, 0) is 19.1 Å². The maximum atomic E-state index is 6.47. The van der Waals surface area contributed by atoms with E-state index in [4.69, 9.17) is 4.66 Å². The first-order chi connectivity index (χ1) is 4.39. The molecule has 0 saturated carbocycles. The number of pyridine rings is 1. The van der Waals surface area contributed by atoms with Crippen LogP contribution in [0.1, 0.15) is 5.69 Å². The minimum atomic E-state index is 1.07. The lowest BCUT2D eigenvalue weighted by Crippen LogP contribution is -1.72. The van der Waals surface area contributed by atoms with E-state index in [1.165, 1.54) is 0 Å². The quantitative estimate of drug-likeness (QED) is 0.601. The van der Waals surface area contributed by atoms with Gasteiger partial charge in [0.05, 0.1) is 11.9 Å². The Kier molecular flexibility index (Phi) is 5.17. The minimum Gasteiger partial charge on any atom is -0.295 e. The van der Waals surface area contributed by atoms with Crippen molar-refractivity contribution in [3.63, 3.8) is 0 Å². The first kappa shape index (κ1) is 8.40. The van der Waals surface area contributed by atoms with Crippen molar-refractivity contribution in [1.29, 1.82) is 0 Å². The van der Waals surface area contributed by atoms with Crippen molar-refractivity contribution in [2.75, 3.05) is 0 Å². The van der Waals surface area contributed by atoms with Gasteiger partial charge < -0.3 is 0 Å². The number of rotatable bonds is 0. The zero-order valence-electron chi connectivity index (χ0n) is 5.08. The number of aryl methyl sites for hydroxylation is 1. The van der Waals surface area contributed by atoms with Crippen LogP contribution in [0, 0.1) is 6.92 Å². The number of aromatic nitrogens is 1. The molecule has 0 aliphatic rings. The molecule has 0 unspecified atom stereocenters. The molecule has 0 aromatic carbocycles. The predicted octanol–water partition coefficient (Wildman–Crippen LogP) is 1.52. The molecule has 0 amide bonds. The van der Waals surface area contributed by atoms with E-state index in [9.17, 15) is 0 Å². The van der Waals surface area contributed by atoms with Gasteiger partial charge in [-0.3, -0.25) is 9.64 Å². The summed E-state index contributed by atoms with van der Waals surface area (Å²) in [4.78, 5) is 3.98. The average molecular weight is 146 g/mol. The zero-order valence-corrected chi connectivity index (χ0v) is 5.84. The Morgan fingerprint density at radius 3 is 2.33 bits per heavy atom. The summed E-state index contributed by atoms with van der Waals surface area (Å²) in [5.74, 6) is 0. The number of hydrogen-bond acceptors (Lipinski definition) is 2. The number of hydrogen-bond donors (Lipinski definition) is 1. The lowest BCUT2D eigenvalue weighted by atomic mass is 10.4. The van der Waals surface area contributed by atoms with Crippen molar-refractivity contribution in [1.82, 2.24) is 4.98 Å². The van der Waals surface area contributed by atoms with Gasteiger partial charge in [0.2, 0.25) is 0 Å². The van der Waals surface area contributed by atoms with E-state index in [0.29, 0.717) is 0 Å². The number of nitrogens with zero attached hydrogens (tertiary/aromatic N) is 1. The summed E-state index contributed by atoms with van der Waals surface area (Å²) in [6.07, 6.45) is 1.79. The molecule has 0 aliphatic heterocycles. The van der Waals surface area contributed by atoms with Crippen molar-refractivity contribution >= 4 is 11.9 Å². The lowest BCUT2D eigenvalue weighted by Gasteiger charge is -1.82. The van der Waals surface area contributed by atoms with E-state index >= 15 is 0 Å².